The molecule has 0 aliphatic heterocycles. The molecule has 1 aromatic heterocycles. The topological polar surface area (TPSA) is 76.3 Å². The van der Waals surface area contributed by atoms with Crippen LogP contribution < -0.4 is 11.0 Å². The van der Waals surface area contributed by atoms with Crippen LogP contribution in [-0.4, -0.2) is 21.9 Å². The summed E-state index contributed by atoms with van der Waals surface area (Å²) in [5.41, 5.74) is 3.20. The van der Waals surface area contributed by atoms with E-state index in [9.17, 15) is 9.59 Å². The molecule has 0 radical (unpaired) electrons. The molecule has 7 heteroatoms. The second-order valence-corrected chi connectivity index (χ2v) is 6.47. The van der Waals surface area contributed by atoms with Gasteiger partial charge in [0.15, 0.2) is 5.69 Å². The largest absolute Gasteiger partial charge is 0.292 e. The first-order chi connectivity index (χ1) is 13.1. The average Bonchev–Trinajstić information content (AvgIpc) is 2.67. The van der Waals surface area contributed by atoms with Gasteiger partial charge in [-0.25, -0.2) is 10.1 Å². The molecule has 6 nitrogen and oxygen atoms in total. The Morgan fingerprint density at radius 3 is 2.74 bits per heavy atom. The van der Waals surface area contributed by atoms with E-state index < -0.39 is 5.91 Å². The van der Waals surface area contributed by atoms with Gasteiger partial charge in [0.1, 0.15) is 0 Å². The van der Waals surface area contributed by atoms with E-state index in [2.05, 4.69) is 15.6 Å². The van der Waals surface area contributed by atoms with E-state index in [0.29, 0.717) is 22.3 Å². The number of carbonyl (C=O) groups excluding carboxylic acids is 1. The van der Waals surface area contributed by atoms with Crippen LogP contribution in [0.1, 0.15) is 35.8 Å². The monoisotopic (exact) mass is 382 g/mol. The summed E-state index contributed by atoms with van der Waals surface area (Å²) < 4.78 is 1.35. The second kappa shape index (κ2) is 8.60. The molecule has 1 heterocycles. The smallest absolute Gasteiger partial charge is 0.267 e. The maximum absolute atomic E-state index is 12.6. The van der Waals surface area contributed by atoms with Gasteiger partial charge in [-0.2, -0.15) is 10.2 Å². The number of rotatable bonds is 6. The number of aromatic nitrogens is 2. The molecule has 27 heavy (non-hydrogen) atoms. The summed E-state index contributed by atoms with van der Waals surface area (Å²) in [5.74, 6) is -0.477. The number of carbonyl (C=O) groups is 1. The molecule has 1 N–H and O–H groups in total. The van der Waals surface area contributed by atoms with Crippen LogP contribution in [0.4, 0.5) is 0 Å². The molecule has 1 amide bonds. The number of hydrogen-bond donors (Lipinski definition) is 1. The first-order valence-electron chi connectivity index (χ1n) is 8.69. The number of hydrogen-bond acceptors (Lipinski definition) is 4. The van der Waals surface area contributed by atoms with Gasteiger partial charge in [-0.05, 0) is 30.2 Å². The summed E-state index contributed by atoms with van der Waals surface area (Å²) in [7, 11) is 0. The summed E-state index contributed by atoms with van der Waals surface area (Å²) in [5, 5.41) is 9.80. The minimum absolute atomic E-state index is 0.171. The van der Waals surface area contributed by atoms with Crippen molar-refractivity contribution in [3.05, 3.63) is 75.2 Å². The third-order valence-corrected chi connectivity index (χ3v) is 4.27. The fourth-order valence-corrected chi connectivity index (χ4v) is 2.87. The fraction of sp³-hybridized carbons (Fsp3) is 0.200. The first kappa shape index (κ1) is 18.8. The Morgan fingerprint density at radius 1 is 1.22 bits per heavy atom. The number of nitrogens with one attached hydrogen (secondary N) is 1. The van der Waals surface area contributed by atoms with E-state index in [4.69, 9.17) is 11.6 Å². The highest BCUT2D eigenvalue weighted by atomic mass is 35.5. The number of benzene rings is 2. The Labute approximate surface area is 161 Å². The SMILES string of the molecule is CCCCn1nc(C(=O)N/N=C\c2cccc(Cl)c2)c2ccccc2c1=O. The van der Waals surface area contributed by atoms with Crippen molar-refractivity contribution in [1.29, 1.82) is 0 Å². The summed E-state index contributed by atoms with van der Waals surface area (Å²) >= 11 is 5.93. The lowest BCUT2D eigenvalue weighted by atomic mass is 10.1. The number of fused-ring (bicyclic) bond motifs is 1. The Bertz CT molecular complexity index is 1060. The molecule has 138 valence electrons. The maximum atomic E-state index is 12.6. The average molecular weight is 383 g/mol. The van der Waals surface area contributed by atoms with Gasteiger partial charge >= 0.3 is 0 Å². The van der Waals surface area contributed by atoms with E-state index in [1.54, 1.807) is 42.5 Å². The minimum Gasteiger partial charge on any atom is -0.267 e. The van der Waals surface area contributed by atoms with Crippen LogP contribution in [0.2, 0.25) is 5.02 Å². The van der Waals surface area contributed by atoms with Crippen LogP contribution in [0.25, 0.3) is 10.8 Å². The quantitative estimate of drug-likeness (QED) is 0.522. The molecular weight excluding hydrogens is 364 g/mol. The molecular formula is C20H19ClN4O2. The Kier molecular flexibility index (Phi) is 5.98. The van der Waals surface area contributed by atoms with Crippen LogP contribution in [0.3, 0.4) is 0 Å². The molecule has 3 rings (SSSR count). The van der Waals surface area contributed by atoms with Gasteiger partial charge in [-0.3, -0.25) is 9.59 Å². The first-order valence-corrected chi connectivity index (χ1v) is 9.06. The molecule has 0 aliphatic rings. The van der Waals surface area contributed by atoms with Crippen molar-refractivity contribution in [3.8, 4) is 0 Å². The van der Waals surface area contributed by atoms with Crippen molar-refractivity contribution in [3.63, 3.8) is 0 Å². The van der Waals surface area contributed by atoms with Crippen LogP contribution in [0.15, 0.2) is 58.4 Å². The summed E-state index contributed by atoms with van der Waals surface area (Å²) in [6, 6.07) is 14.1. The summed E-state index contributed by atoms with van der Waals surface area (Å²) in [6.07, 6.45) is 3.23. The molecule has 0 saturated heterocycles. The highest BCUT2D eigenvalue weighted by Crippen LogP contribution is 2.13. The van der Waals surface area contributed by atoms with Gasteiger partial charge in [0.05, 0.1) is 11.6 Å². The summed E-state index contributed by atoms with van der Waals surface area (Å²) in [4.78, 5) is 25.2. The molecule has 2 aromatic carbocycles. The number of aryl methyl sites for hydroxylation is 1. The van der Waals surface area contributed by atoms with Crippen LogP contribution >= 0.6 is 11.6 Å². The molecule has 0 fully saturated rings. The van der Waals surface area contributed by atoms with Crippen LogP contribution in [0, 0.1) is 0 Å². The predicted molar refractivity (Wildman–Crippen MR) is 107 cm³/mol. The van der Waals surface area contributed by atoms with Crippen molar-refractivity contribution in [1.82, 2.24) is 15.2 Å². The Hall–Kier alpha value is -2.99. The Morgan fingerprint density at radius 2 is 2.00 bits per heavy atom. The third kappa shape index (κ3) is 4.41. The van der Waals surface area contributed by atoms with Crippen molar-refractivity contribution < 1.29 is 4.79 Å². The van der Waals surface area contributed by atoms with Gasteiger partial charge in [0.25, 0.3) is 11.5 Å². The van der Waals surface area contributed by atoms with E-state index in [0.717, 1.165) is 18.4 Å². The van der Waals surface area contributed by atoms with Crippen LogP contribution in [-0.2, 0) is 6.54 Å². The highest BCUT2D eigenvalue weighted by Gasteiger charge is 2.16. The lowest BCUT2D eigenvalue weighted by Gasteiger charge is -2.09. The standard InChI is InChI=1S/C20H19ClN4O2/c1-2-3-11-25-20(27)17-10-5-4-9-16(17)18(24-25)19(26)23-22-13-14-7-6-8-15(21)12-14/h4-10,12-13H,2-3,11H2,1H3,(H,23,26)/b22-13-. The van der Waals surface area contributed by atoms with Gasteiger partial charge in [0.2, 0.25) is 0 Å². The predicted octanol–water partition coefficient (Wildman–Crippen LogP) is 3.61. The number of amides is 1. The lowest BCUT2D eigenvalue weighted by molar-refractivity contribution is 0.0949. The molecule has 0 unspecified atom stereocenters. The second-order valence-electron chi connectivity index (χ2n) is 6.03. The van der Waals surface area contributed by atoms with Gasteiger partial charge in [-0.1, -0.05) is 55.3 Å². The molecule has 0 spiro atoms. The van der Waals surface area contributed by atoms with Gasteiger partial charge in [-0.15, -0.1) is 0 Å². The van der Waals surface area contributed by atoms with Crippen molar-refractivity contribution in [2.75, 3.05) is 0 Å². The van der Waals surface area contributed by atoms with Crippen molar-refractivity contribution in [2.24, 2.45) is 5.10 Å². The number of nitrogens with zero attached hydrogens (tertiary/aromatic N) is 3. The van der Waals surface area contributed by atoms with Crippen molar-refractivity contribution in [2.45, 2.75) is 26.3 Å². The maximum Gasteiger partial charge on any atom is 0.292 e. The zero-order valence-corrected chi connectivity index (χ0v) is 15.6. The third-order valence-electron chi connectivity index (χ3n) is 4.03. The van der Waals surface area contributed by atoms with E-state index in [1.807, 2.05) is 13.0 Å². The van der Waals surface area contributed by atoms with E-state index in [1.165, 1.54) is 10.9 Å². The Balaban J connectivity index is 1.91. The minimum atomic E-state index is -0.477. The van der Waals surface area contributed by atoms with Crippen molar-refractivity contribution >= 4 is 34.5 Å². The zero-order valence-electron chi connectivity index (χ0n) is 14.9. The number of unbranched alkanes of at least 4 members (excludes halogenated alkanes) is 1. The molecule has 0 atom stereocenters. The van der Waals surface area contributed by atoms with E-state index in [-0.39, 0.29) is 11.3 Å². The molecule has 0 saturated carbocycles. The fourth-order valence-electron chi connectivity index (χ4n) is 2.67. The number of hydrazone groups is 1. The number of halogens is 1. The van der Waals surface area contributed by atoms with E-state index >= 15 is 0 Å². The van der Waals surface area contributed by atoms with Gasteiger partial charge < -0.3 is 0 Å². The molecule has 0 aliphatic carbocycles. The normalized spacial score (nSPS) is 11.2. The van der Waals surface area contributed by atoms with Gasteiger partial charge in [0, 0.05) is 17.0 Å². The zero-order chi connectivity index (χ0) is 19.2. The van der Waals surface area contributed by atoms with Crippen LogP contribution in [0.5, 0.6) is 0 Å². The highest BCUT2D eigenvalue weighted by molar-refractivity contribution is 6.30. The lowest BCUT2D eigenvalue weighted by Crippen LogP contribution is -2.29. The summed E-state index contributed by atoms with van der Waals surface area (Å²) in [6.45, 7) is 2.50. The molecule has 0 bridgehead atoms. The molecule has 3 aromatic rings.